The number of esters is 1. The first kappa shape index (κ1) is 28.0. The van der Waals surface area contributed by atoms with Crippen molar-refractivity contribution in [1.82, 2.24) is 14.8 Å². The van der Waals surface area contributed by atoms with Gasteiger partial charge in [-0.3, -0.25) is 4.79 Å². The summed E-state index contributed by atoms with van der Waals surface area (Å²) in [6.45, 7) is 8.31. The van der Waals surface area contributed by atoms with Gasteiger partial charge in [-0.1, -0.05) is 62.2 Å². The van der Waals surface area contributed by atoms with Gasteiger partial charge in [-0.15, -0.1) is 0 Å². The summed E-state index contributed by atoms with van der Waals surface area (Å²) in [5.74, 6) is -0.483. The standard InChI is InChI=1S/C29H32Cl2N4O3S/c1-6-20-12-13-21(27(37)38-5)34(20)26(36)24-23(16(2)3)35-25(17-7-10-19(30)11-8-17)29(4,33-28(35)39-24)18-9-14-22(31)32-15-18/h7-11,14-16,20-21,25H,6,12-13H2,1-5H3/t20-,21+,25?,29?/m1/s1. The van der Waals surface area contributed by atoms with E-state index < -0.39 is 11.6 Å². The average Bonchev–Trinajstić information content (AvgIpc) is 3.59. The van der Waals surface area contributed by atoms with Crippen LogP contribution in [0.5, 0.6) is 0 Å². The van der Waals surface area contributed by atoms with E-state index in [1.165, 1.54) is 18.9 Å². The Morgan fingerprint density at radius 3 is 2.46 bits per heavy atom. The summed E-state index contributed by atoms with van der Waals surface area (Å²) in [5, 5.41) is 1.81. The van der Waals surface area contributed by atoms with Gasteiger partial charge in [-0.2, -0.15) is 0 Å². The molecule has 5 rings (SSSR count). The molecule has 0 N–H and O–H groups in total. The van der Waals surface area contributed by atoms with Gasteiger partial charge in [0.2, 0.25) is 0 Å². The number of rotatable bonds is 6. The van der Waals surface area contributed by atoms with Crippen LogP contribution < -0.4 is 0 Å². The van der Waals surface area contributed by atoms with E-state index in [-0.39, 0.29) is 29.9 Å². The number of aliphatic imine (C=N–C) groups is 1. The maximum Gasteiger partial charge on any atom is 0.328 e. The predicted octanol–water partition coefficient (Wildman–Crippen LogP) is 6.57. The molecule has 0 saturated carbocycles. The first-order valence-electron chi connectivity index (χ1n) is 13.2. The number of halogens is 2. The maximum atomic E-state index is 14.3. The molecule has 10 heteroatoms. The van der Waals surface area contributed by atoms with E-state index in [1.54, 1.807) is 17.2 Å². The number of fused-ring (bicyclic) bond motifs is 1. The molecule has 4 atom stereocenters. The minimum Gasteiger partial charge on any atom is -0.467 e. The highest BCUT2D eigenvalue weighted by Crippen LogP contribution is 2.56. The quantitative estimate of drug-likeness (QED) is 0.281. The van der Waals surface area contributed by atoms with Crippen molar-refractivity contribution in [1.29, 1.82) is 0 Å². The molecule has 1 saturated heterocycles. The average molecular weight is 588 g/mol. The summed E-state index contributed by atoms with van der Waals surface area (Å²) in [4.78, 5) is 41.1. The number of allylic oxidation sites excluding steroid dienone is 1. The number of hydrogen-bond acceptors (Lipinski definition) is 7. The fourth-order valence-corrected chi connectivity index (χ4v) is 7.62. The van der Waals surface area contributed by atoms with Gasteiger partial charge >= 0.3 is 5.97 Å². The van der Waals surface area contributed by atoms with Crippen LogP contribution in [0.4, 0.5) is 0 Å². The molecule has 1 aromatic carbocycles. The van der Waals surface area contributed by atoms with Gasteiger partial charge in [-0.05, 0) is 67.6 Å². The molecule has 0 bridgehead atoms. The summed E-state index contributed by atoms with van der Waals surface area (Å²) in [6, 6.07) is 10.7. The molecule has 3 aliphatic rings. The summed E-state index contributed by atoms with van der Waals surface area (Å²) < 4.78 is 5.07. The normalized spacial score (nSPS) is 26.4. The second kappa shape index (κ2) is 10.8. The van der Waals surface area contributed by atoms with Gasteiger partial charge in [0.1, 0.15) is 21.6 Å². The number of amides is 1. The van der Waals surface area contributed by atoms with E-state index in [4.69, 9.17) is 32.9 Å². The Hall–Kier alpha value is -2.55. The van der Waals surface area contributed by atoms with Crippen LogP contribution in [0.3, 0.4) is 0 Å². The number of methoxy groups -OCH3 is 1. The van der Waals surface area contributed by atoms with Gasteiger partial charge in [0, 0.05) is 28.5 Å². The highest BCUT2D eigenvalue weighted by Gasteiger charge is 2.54. The number of likely N-dealkylation sites (tertiary alicyclic amines) is 1. The molecule has 1 amide bonds. The number of amidine groups is 1. The van der Waals surface area contributed by atoms with E-state index in [0.29, 0.717) is 21.5 Å². The predicted molar refractivity (Wildman–Crippen MR) is 155 cm³/mol. The zero-order valence-corrected chi connectivity index (χ0v) is 25.0. The number of benzene rings is 1. The Balaban J connectivity index is 1.63. The van der Waals surface area contributed by atoms with Crippen LogP contribution in [0, 0.1) is 5.92 Å². The van der Waals surface area contributed by atoms with Gasteiger partial charge < -0.3 is 14.5 Å². The molecular weight excluding hydrogens is 555 g/mol. The Morgan fingerprint density at radius 1 is 1.15 bits per heavy atom. The molecule has 3 aliphatic heterocycles. The van der Waals surface area contributed by atoms with Crippen molar-refractivity contribution < 1.29 is 14.3 Å². The Kier molecular flexibility index (Phi) is 7.74. The van der Waals surface area contributed by atoms with Gasteiger partial charge in [-0.25, -0.2) is 14.8 Å². The van der Waals surface area contributed by atoms with Crippen LogP contribution in [0.15, 0.2) is 58.2 Å². The van der Waals surface area contributed by atoms with Crippen LogP contribution in [0.25, 0.3) is 0 Å². The van der Waals surface area contributed by atoms with Gasteiger partial charge in [0.05, 0.1) is 13.2 Å². The minimum absolute atomic E-state index is 0.0158. The summed E-state index contributed by atoms with van der Waals surface area (Å²) in [5.41, 5.74) is 2.14. The van der Waals surface area contributed by atoms with Crippen molar-refractivity contribution in [2.75, 3.05) is 7.11 Å². The number of thioether (sulfide) groups is 1. The largest absolute Gasteiger partial charge is 0.467 e. The van der Waals surface area contributed by atoms with Crippen LogP contribution >= 0.6 is 35.0 Å². The highest BCUT2D eigenvalue weighted by molar-refractivity contribution is 8.18. The van der Waals surface area contributed by atoms with E-state index >= 15 is 0 Å². The smallest absolute Gasteiger partial charge is 0.328 e. The van der Waals surface area contributed by atoms with Crippen LogP contribution in [0.2, 0.25) is 10.2 Å². The van der Waals surface area contributed by atoms with E-state index in [1.807, 2.05) is 30.3 Å². The van der Waals surface area contributed by atoms with Crippen molar-refractivity contribution in [3.8, 4) is 0 Å². The topological polar surface area (TPSA) is 75.1 Å². The molecule has 0 radical (unpaired) electrons. The second-order valence-electron chi connectivity index (χ2n) is 10.6. The van der Waals surface area contributed by atoms with Crippen molar-refractivity contribution in [3.05, 3.63) is 74.5 Å². The number of carbonyl (C=O) groups is 2. The number of carbonyl (C=O) groups excluding carboxylic acids is 2. The lowest BCUT2D eigenvalue weighted by Gasteiger charge is -2.37. The fourth-order valence-electron chi connectivity index (χ4n) is 6.03. The molecule has 4 heterocycles. The third kappa shape index (κ3) is 4.74. The Morgan fingerprint density at radius 2 is 1.87 bits per heavy atom. The number of hydrogen-bond donors (Lipinski definition) is 0. The Labute approximate surface area is 243 Å². The highest BCUT2D eigenvalue weighted by atomic mass is 35.5. The lowest BCUT2D eigenvalue weighted by atomic mass is 9.81. The monoisotopic (exact) mass is 586 g/mol. The molecule has 0 aliphatic carbocycles. The summed E-state index contributed by atoms with van der Waals surface area (Å²) in [7, 11) is 1.38. The first-order valence-corrected chi connectivity index (χ1v) is 14.8. The molecule has 1 fully saturated rings. The van der Waals surface area contributed by atoms with E-state index in [2.05, 4.69) is 37.6 Å². The molecule has 2 aromatic rings. The number of nitrogens with zero attached hydrogens (tertiary/aromatic N) is 4. The number of ether oxygens (including phenoxy) is 1. The summed E-state index contributed by atoms with van der Waals surface area (Å²) >= 11 is 13.8. The molecule has 2 unspecified atom stereocenters. The minimum atomic E-state index is -0.698. The lowest BCUT2D eigenvalue weighted by Crippen LogP contribution is -2.46. The van der Waals surface area contributed by atoms with Crippen LogP contribution in [-0.4, -0.2) is 51.0 Å². The molecule has 0 spiro atoms. The van der Waals surface area contributed by atoms with E-state index in [9.17, 15) is 9.59 Å². The zero-order valence-electron chi connectivity index (χ0n) is 22.6. The third-order valence-corrected chi connectivity index (χ3v) is 9.46. The Bertz CT molecular complexity index is 1350. The molecule has 206 valence electrons. The lowest BCUT2D eigenvalue weighted by molar-refractivity contribution is -0.150. The molecule has 7 nitrogen and oxygen atoms in total. The zero-order chi connectivity index (χ0) is 28.1. The van der Waals surface area contributed by atoms with Crippen LogP contribution in [0.1, 0.15) is 64.1 Å². The summed E-state index contributed by atoms with van der Waals surface area (Å²) in [6.07, 6.45) is 3.92. The van der Waals surface area contributed by atoms with Gasteiger partial charge in [0.15, 0.2) is 5.17 Å². The fraction of sp³-hybridized carbons (Fsp3) is 0.448. The van der Waals surface area contributed by atoms with Crippen molar-refractivity contribution in [2.45, 2.75) is 70.6 Å². The van der Waals surface area contributed by atoms with Gasteiger partial charge in [0.25, 0.3) is 5.91 Å². The molecule has 39 heavy (non-hydrogen) atoms. The van der Waals surface area contributed by atoms with Crippen molar-refractivity contribution in [2.24, 2.45) is 10.9 Å². The maximum absolute atomic E-state index is 14.3. The second-order valence-corrected chi connectivity index (χ2v) is 12.4. The van der Waals surface area contributed by atoms with Crippen molar-refractivity contribution in [3.63, 3.8) is 0 Å². The first-order chi connectivity index (χ1) is 18.6. The SMILES string of the molecule is CC[C@@H]1CC[C@@H](C(=O)OC)N1C(=O)C1=C(C(C)C)N2C(=NC(C)(c3ccc(Cl)nc3)C2c2ccc(Cl)cc2)S1. The molecule has 1 aromatic heterocycles. The number of aromatic nitrogens is 1. The van der Waals surface area contributed by atoms with Crippen LogP contribution in [-0.2, 0) is 19.9 Å². The third-order valence-electron chi connectivity index (χ3n) is 7.93. The number of pyridine rings is 1. The van der Waals surface area contributed by atoms with E-state index in [0.717, 1.165) is 34.8 Å². The van der Waals surface area contributed by atoms with Crippen molar-refractivity contribution >= 4 is 52.0 Å². The molecular formula is C29H32Cl2N4O3S.